The topological polar surface area (TPSA) is 42.2 Å². The van der Waals surface area contributed by atoms with Gasteiger partial charge in [-0.3, -0.25) is 4.79 Å². The maximum Gasteiger partial charge on any atom is 0.252 e. The van der Waals surface area contributed by atoms with Gasteiger partial charge in [0, 0.05) is 6.04 Å². The van der Waals surface area contributed by atoms with E-state index < -0.39 is 0 Å². The van der Waals surface area contributed by atoms with Crippen molar-refractivity contribution in [3.8, 4) is 0 Å². The van der Waals surface area contributed by atoms with E-state index in [1.807, 2.05) is 49.4 Å². The Morgan fingerprint density at radius 3 is 2.38 bits per heavy atom. The van der Waals surface area contributed by atoms with Gasteiger partial charge in [-0.1, -0.05) is 44.2 Å². The first-order valence-corrected chi connectivity index (χ1v) is 7.19. The largest absolute Gasteiger partial charge is 0.465 e. The lowest BCUT2D eigenvalue weighted by Gasteiger charge is -2.18. The molecule has 2 aromatic rings. The first-order chi connectivity index (χ1) is 10.1. The SMILES string of the molecule is CC(C)[C@H](C)NC(=O)/C(=C/c1ccco1)c1ccccc1. The van der Waals surface area contributed by atoms with Gasteiger partial charge < -0.3 is 9.73 Å². The van der Waals surface area contributed by atoms with Crippen LogP contribution in [0.2, 0.25) is 0 Å². The number of nitrogens with one attached hydrogen (secondary N) is 1. The molecule has 110 valence electrons. The van der Waals surface area contributed by atoms with Gasteiger partial charge in [-0.05, 0) is 36.6 Å². The third-order valence-corrected chi connectivity index (χ3v) is 3.52. The number of hydrogen-bond donors (Lipinski definition) is 1. The zero-order chi connectivity index (χ0) is 15.2. The summed E-state index contributed by atoms with van der Waals surface area (Å²) in [6.07, 6.45) is 3.38. The van der Waals surface area contributed by atoms with E-state index in [2.05, 4.69) is 19.2 Å². The third kappa shape index (κ3) is 4.09. The highest BCUT2D eigenvalue weighted by atomic mass is 16.3. The molecule has 0 aliphatic heterocycles. The number of hydrogen-bond acceptors (Lipinski definition) is 2. The van der Waals surface area contributed by atoms with Crippen LogP contribution in [0.3, 0.4) is 0 Å². The molecule has 0 aliphatic rings. The monoisotopic (exact) mass is 283 g/mol. The summed E-state index contributed by atoms with van der Waals surface area (Å²) in [4.78, 5) is 12.6. The number of benzene rings is 1. The predicted octanol–water partition coefficient (Wildman–Crippen LogP) is 3.98. The summed E-state index contributed by atoms with van der Waals surface area (Å²) in [7, 11) is 0. The van der Waals surface area contributed by atoms with E-state index >= 15 is 0 Å². The van der Waals surface area contributed by atoms with Crippen molar-refractivity contribution in [1.82, 2.24) is 5.32 Å². The zero-order valence-corrected chi connectivity index (χ0v) is 12.7. The van der Waals surface area contributed by atoms with Crippen LogP contribution in [0.4, 0.5) is 0 Å². The quantitative estimate of drug-likeness (QED) is 0.843. The second-order valence-corrected chi connectivity index (χ2v) is 5.45. The van der Waals surface area contributed by atoms with Crippen molar-refractivity contribution in [1.29, 1.82) is 0 Å². The standard InChI is InChI=1S/C18H21NO2/c1-13(2)14(3)19-18(20)17(12-16-10-7-11-21-16)15-8-5-4-6-9-15/h4-14H,1-3H3,(H,19,20)/b17-12+/t14-/m0/s1. The molecule has 0 fully saturated rings. The van der Waals surface area contributed by atoms with Crippen LogP contribution >= 0.6 is 0 Å². The van der Waals surface area contributed by atoms with Gasteiger partial charge in [0.05, 0.1) is 11.8 Å². The molecule has 1 N–H and O–H groups in total. The summed E-state index contributed by atoms with van der Waals surface area (Å²) in [6.45, 7) is 6.19. The Labute approximate surface area is 125 Å². The van der Waals surface area contributed by atoms with Gasteiger partial charge in [0.1, 0.15) is 5.76 Å². The molecule has 0 spiro atoms. The minimum atomic E-state index is -0.0844. The van der Waals surface area contributed by atoms with Gasteiger partial charge in [0.15, 0.2) is 0 Å². The summed E-state index contributed by atoms with van der Waals surface area (Å²) < 4.78 is 5.33. The Balaban J connectivity index is 2.31. The molecule has 0 unspecified atom stereocenters. The lowest BCUT2D eigenvalue weighted by atomic mass is 10.0. The molecule has 0 bridgehead atoms. The van der Waals surface area contributed by atoms with Crippen LogP contribution in [-0.2, 0) is 4.79 Å². The van der Waals surface area contributed by atoms with Crippen molar-refractivity contribution in [2.24, 2.45) is 5.92 Å². The number of carbonyl (C=O) groups excluding carboxylic acids is 1. The molecule has 3 nitrogen and oxygen atoms in total. The molecule has 0 radical (unpaired) electrons. The van der Waals surface area contributed by atoms with Crippen molar-refractivity contribution < 1.29 is 9.21 Å². The van der Waals surface area contributed by atoms with Gasteiger partial charge in [-0.15, -0.1) is 0 Å². The molecule has 0 aliphatic carbocycles. The third-order valence-electron chi connectivity index (χ3n) is 3.52. The van der Waals surface area contributed by atoms with Crippen LogP contribution in [0.1, 0.15) is 32.1 Å². The Bertz CT molecular complexity index is 597. The molecule has 0 saturated carbocycles. The minimum Gasteiger partial charge on any atom is -0.465 e. The van der Waals surface area contributed by atoms with E-state index in [0.717, 1.165) is 5.56 Å². The van der Waals surface area contributed by atoms with Gasteiger partial charge in [-0.25, -0.2) is 0 Å². The highest BCUT2D eigenvalue weighted by Gasteiger charge is 2.16. The van der Waals surface area contributed by atoms with E-state index in [9.17, 15) is 4.79 Å². The van der Waals surface area contributed by atoms with E-state index in [1.165, 1.54) is 0 Å². The highest BCUT2D eigenvalue weighted by molar-refractivity contribution is 6.24. The van der Waals surface area contributed by atoms with Crippen molar-refractivity contribution in [2.45, 2.75) is 26.8 Å². The number of furan rings is 1. The van der Waals surface area contributed by atoms with Crippen LogP contribution in [0, 0.1) is 5.92 Å². The number of amides is 1. The minimum absolute atomic E-state index is 0.0844. The molecule has 1 atom stereocenters. The molecule has 1 amide bonds. The second-order valence-electron chi connectivity index (χ2n) is 5.45. The summed E-state index contributed by atoms with van der Waals surface area (Å²) in [5.74, 6) is 0.967. The average molecular weight is 283 g/mol. The van der Waals surface area contributed by atoms with Gasteiger partial charge in [-0.2, -0.15) is 0 Å². The molecule has 1 aromatic heterocycles. The Hall–Kier alpha value is -2.29. The molecule has 1 heterocycles. The fraction of sp³-hybridized carbons (Fsp3) is 0.278. The lowest BCUT2D eigenvalue weighted by Crippen LogP contribution is -2.36. The smallest absolute Gasteiger partial charge is 0.252 e. The summed E-state index contributed by atoms with van der Waals surface area (Å²) in [5.41, 5.74) is 1.49. The van der Waals surface area contributed by atoms with Gasteiger partial charge in [0.25, 0.3) is 5.91 Å². The van der Waals surface area contributed by atoms with E-state index in [1.54, 1.807) is 12.3 Å². The number of carbonyl (C=O) groups is 1. The molecule has 2 rings (SSSR count). The first kappa shape index (κ1) is 15.1. The zero-order valence-electron chi connectivity index (χ0n) is 12.7. The molecule has 21 heavy (non-hydrogen) atoms. The van der Waals surface area contributed by atoms with Crippen molar-refractivity contribution >= 4 is 17.6 Å². The fourth-order valence-electron chi connectivity index (χ4n) is 1.86. The molecular formula is C18H21NO2. The maximum absolute atomic E-state index is 12.6. The Morgan fingerprint density at radius 2 is 1.81 bits per heavy atom. The van der Waals surface area contributed by atoms with E-state index in [-0.39, 0.29) is 11.9 Å². The number of rotatable bonds is 5. The molecule has 3 heteroatoms. The fourth-order valence-corrected chi connectivity index (χ4v) is 1.86. The molecule has 1 aromatic carbocycles. The summed E-state index contributed by atoms with van der Waals surface area (Å²) in [5, 5.41) is 3.04. The van der Waals surface area contributed by atoms with E-state index in [0.29, 0.717) is 17.3 Å². The summed E-state index contributed by atoms with van der Waals surface area (Å²) >= 11 is 0. The van der Waals surface area contributed by atoms with Gasteiger partial charge >= 0.3 is 0 Å². The van der Waals surface area contributed by atoms with Crippen molar-refractivity contribution in [3.63, 3.8) is 0 Å². The molecular weight excluding hydrogens is 262 g/mol. The van der Waals surface area contributed by atoms with Gasteiger partial charge in [0.2, 0.25) is 0 Å². The Kier molecular flexibility index (Phi) is 4.99. The Morgan fingerprint density at radius 1 is 1.10 bits per heavy atom. The van der Waals surface area contributed by atoms with Crippen LogP contribution in [0.15, 0.2) is 53.1 Å². The molecule has 0 saturated heterocycles. The predicted molar refractivity (Wildman–Crippen MR) is 85.5 cm³/mol. The van der Waals surface area contributed by atoms with Crippen LogP contribution in [0.25, 0.3) is 11.6 Å². The second kappa shape index (κ2) is 6.93. The van der Waals surface area contributed by atoms with Crippen LogP contribution < -0.4 is 5.32 Å². The van der Waals surface area contributed by atoms with Crippen molar-refractivity contribution in [2.75, 3.05) is 0 Å². The van der Waals surface area contributed by atoms with Crippen LogP contribution in [0.5, 0.6) is 0 Å². The van der Waals surface area contributed by atoms with E-state index in [4.69, 9.17) is 4.42 Å². The average Bonchev–Trinajstić information content (AvgIpc) is 2.98. The maximum atomic E-state index is 12.6. The lowest BCUT2D eigenvalue weighted by molar-refractivity contribution is -0.116. The van der Waals surface area contributed by atoms with Crippen molar-refractivity contribution in [3.05, 3.63) is 60.1 Å². The summed E-state index contributed by atoms with van der Waals surface area (Å²) in [6, 6.07) is 13.4. The normalized spacial score (nSPS) is 13.2. The first-order valence-electron chi connectivity index (χ1n) is 7.19. The van der Waals surface area contributed by atoms with Crippen LogP contribution in [-0.4, -0.2) is 11.9 Å². The highest BCUT2D eigenvalue weighted by Crippen LogP contribution is 2.19.